The zero-order chi connectivity index (χ0) is 11.4. The molecular formula is C12H22N2. The van der Waals surface area contributed by atoms with Crippen LogP contribution in [0.1, 0.15) is 27.2 Å². The van der Waals surface area contributed by atoms with Crippen LogP contribution >= 0.6 is 0 Å². The number of allylic oxidation sites excluding steroid dienone is 3. The van der Waals surface area contributed by atoms with Crippen molar-refractivity contribution in [2.24, 2.45) is 5.10 Å². The molecule has 2 heteroatoms. The highest BCUT2D eigenvalue weighted by atomic mass is 15.4. The van der Waals surface area contributed by atoms with Crippen molar-refractivity contribution in [1.29, 1.82) is 0 Å². The highest BCUT2D eigenvalue weighted by molar-refractivity contribution is 5.95. The van der Waals surface area contributed by atoms with E-state index in [0.717, 1.165) is 12.1 Å². The van der Waals surface area contributed by atoms with E-state index in [4.69, 9.17) is 0 Å². The highest BCUT2D eigenvalue weighted by Crippen LogP contribution is 1.94. The van der Waals surface area contributed by atoms with Crippen LogP contribution in [-0.2, 0) is 0 Å². The fourth-order valence-corrected chi connectivity index (χ4v) is 0.726. The van der Waals surface area contributed by atoms with E-state index in [1.807, 2.05) is 46.0 Å². The highest BCUT2D eigenvalue weighted by Gasteiger charge is 1.91. The first-order chi connectivity index (χ1) is 6.74. The Morgan fingerprint density at radius 3 is 2.29 bits per heavy atom. The fraction of sp³-hybridized carbons (Fsp3) is 0.417. The smallest absolute Gasteiger partial charge is 0.0643 e. The van der Waals surface area contributed by atoms with Gasteiger partial charge in [0.15, 0.2) is 0 Å². The normalized spacial score (nSPS) is 10.4. The molecule has 0 aliphatic rings. The molecular weight excluding hydrogens is 172 g/mol. The van der Waals surface area contributed by atoms with Crippen molar-refractivity contribution in [3.05, 3.63) is 37.6 Å². The van der Waals surface area contributed by atoms with Crippen molar-refractivity contribution < 1.29 is 0 Å². The number of nitrogens with zero attached hydrogens (tertiary/aromatic N) is 2. The van der Waals surface area contributed by atoms with E-state index < -0.39 is 0 Å². The second kappa shape index (κ2) is 11.7. The summed E-state index contributed by atoms with van der Waals surface area (Å²) < 4.78 is 0. The first kappa shape index (κ1) is 15.2. The molecule has 0 aromatic rings. The lowest BCUT2D eigenvalue weighted by Crippen LogP contribution is -2.05. The molecule has 0 bridgehead atoms. The summed E-state index contributed by atoms with van der Waals surface area (Å²) in [5.74, 6) is 0. The minimum atomic E-state index is 0.780. The zero-order valence-electron chi connectivity index (χ0n) is 9.83. The Balaban J connectivity index is 0. The predicted octanol–water partition coefficient (Wildman–Crippen LogP) is 3.60. The second-order valence-corrected chi connectivity index (χ2v) is 2.34. The third-order valence-electron chi connectivity index (χ3n) is 1.26. The number of rotatable bonds is 5. The van der Waals surface area contributed by atoms with Crippen molar-refractivity contribution in [2.75, 3.05) is 7.05 Å². The fourth-order valence-electron chi connectivity index (χ4n) is 0.726. The van der Waals surface area contributed by atoms with E-state index in [1.165, 1.54) is 0 Å². The van der Waals surface area contributed by atoms with E-state index in [-0.39, 0.29) is 0 Å². The molecule has 0 rings (SSSR count). The molecule has 0 spiro atoms. The largest absolute Gasteiger partial charge is 0.276 e. The molecule has 0 unspecified atom stereocenters. The molecule has 0 fully saturated rings. The van der Waals surface area contributed by atoms with Crippen molar-refractivity contribution in [3.63, 3.8) is 0 Å². The molecule has 0 saturated carbocycles. The van der Waals surface area contributed by atoms with Gasteiger partial charge in [-0.15, -0.1) is 6.58 Å². The monoisotopic (exact) mass is 194 g/mol. The zero-order valence-corrected chi connectivity index (χ0v) is 9.83. The van der Waals surface area contributed by atoms with Crippen LogP contribution < -0.4 is 0 Å². The Morgan fingerprint density at radius 1 is 1.36 bits per heavy atom. The van der Waals surface area contributed by atoms with Crippen molar-refractivity contribution in [2.45, 2.75) is 27.2 Å². The molecule has 0 saturated heterocycles. The molecule has 0 atom stereocenters. The Morgan fingerprint density at radius 2 is 1.93 bits per heavy atom. The SMILES string of the molecule is C=CCC(/C=C\C)=N\N(C)C=C.CC. The topological polar surface area (TPSA) is 15.6 Å². The third-order valence-corrected chi connectivity index (χ3v) is 1.26. The van der Waals surface area contributed by atoms with E-state index in [0.29, 0.717) is 0 Å². The Labute approximate surface area is 88.3 Å². The molecule has 14 heavy (non-hydrogen) atoms. The maximum atomic E-state index is 4.25. The lowest BCUT2D eigenvalue weighted by molar-refractivity contribution is 0.491. The van der Waals surface area contributed by atoms with Crippen LogP contribution in [0.25, 0.3) is 0 Å². The molecule has 0 radical (unpaired) electrons. The maximum Gasteiger partial charge on any atom is 0.0643 e. The van der Waals surface area contributed by atoms with Gasteiger partial charge in [0.05, 0.1) is 5.71 Å². The van der Waals surface area contributed by atoms with Crippen LogP contribution in [0.2, 0.25) is 0 Å². The molecule has 0 N–H and O–H groups in total. The molecule has 0 aliphatic carbocycles. The molecule has 0 heterocycles. The summed E-state index contributed by atoms with van der Waals surface area (Å²) >= 11 is 0. The Hall–Kier alpha value is -1.31. The molecule has 0 aromatic carbocycles. The Bertz CT molecular complexity index is 202. The summed E-state index contributed by atoms with van der Waals surface area (Å²) in [6.45, 7) is 13.2. The van der Waals surface area contributed by atoms with Gasteiger partial charge in [0, 0.05) is 19.7 Å². The van der Waals surface area contributed by atoms with E-state index in [9.17, 15) is 0 Å². The van der Waals surface area contributed by atoms with Gasteiger partial charge in [-0.25, -0.2) is 0 Å². The van der Waals surface area contributed by atoms with Gasteiger partial charge in [0.2, 0.25) is 0 Å². The molecule has 0 aromatic heterocycles. The first-order valence-electron chi connectivity index (χ1n) is 4.91. The third kappa shape index (κ3) is 8.78. The van der Waals surface area contributed by atoms with Gasteiger partial charge in [0.1, 0.15) is 0 Å². The summed E-state index contributed by atoms with van der Waals surface area (Å²) in [4.78, 5) is 0. The van der Waals surface area contributed by atoms with Gasteiger partial charge >= 0.3 is 0 Å². The van der Waals surface area contributed by atoms with Gasteiger partial charge in [0.25, 0.3) is 0 Å². The minimum absolute atomic E-state index is 0.780. The second-order valence-electron chi connectivity index (χ2n) is 2.34. The van der Waals surface area contributed by atoms with Crippen LogP contribution in [0.5, 0.6) is 0 Å². The van der Waals surface area contributed by atoms with Crippen LogP contribution in [-0.4, -0.2) is 17.8 Å². The predicted molar refractivity (Wildman–Crippen MR) is 66.4 cm³/mol. The summed E-state index contributed by atoms with van der Waals surface area (Å²) in [7, 11) is 1.85. The quantitative estimate of drug-likeness (QED) is 0.371. The number of hydrazone groups is 1. The average molecular weight is 194 g/mol. The summed E-state index contributed by atoms with van der Waals surface area (Å²) in [6, 6.07) is 0. The van der Waals surface area contributed by atoms with Crippen LogP contribution in [0.15, 0.2) is 42.7 Å². The molecule has 0 aliphatic heterocycles. The van der Waals surface area contributed by atoms with Crippen molar-refractivity contribution in [3.8, 4) is 0 Å². The van der Waals surface area contributed by atoms with Gasteiger partial charge in [-0.1, -0.05) is 32.6 Å². The lowest BCUT2D eigenvalue weighted by atomic mass is 10.2. The minimum Gasteiger partial charge on any atom is -0.276 e. The lowest BCUT2D eigenvalue weighted by Gasteiger charge is -2.06. The molecule has 2 nitrogen and oxygen atoms in total. The standard InChI is InChI=1S/C10H16N2.C2H6/c1-5-8-10(9-6-2)11-12(4)7-3;1-2/h5-7,9H,1,3,8H2,2,4H3;1-2H3/b9-6-,11-10+;. The van der Waals surface area contributed by atoms with E-state index >= 15 is 0 Å². The first-order valence-corrected chi connectivity index (χ1v) is 4.91. The summed E-state index contributed by atoms with van der Waals surface area (Å²) in [6.07, 6.45) is 8.19. The van der Waals surface area contributed by atoms with Gasteiger partial charge < -0.3 is 0 Å². The van der Waals surface area contributed by atoms with Gasteiger partial charge in [-0.05, 0) is 13.0 Å². The van der Waals surface area contributed by atoms with Crippen molar-refractivity contribution >= 4 is 5.71 Å². The molecule has 0 amide bonds. The van der Waals surface area contributed by atoms with Gasteiger partial charge in [-0.3, -0.25) is 5.01 Å². The van der Waals surface area contributed by atoms with Crippen LogP contribution in [0.3, 0.4) is 0 Å². The Kier molecular flexibility index (Phi) is 12.7. The van der Waals surface area contributed by atoms with E-state index in [1.54, 1.807) is 11.2 Å². The maximum absolute atomic E-state index is 4.25. The van der Waals surface area contributed by atoms with E-state index in [2.05, 4.69) is 18.3 Å². The van der Waals surface area contributed by atoms with Gasteiger partial charge in [-0.2, -0.15) is 5.10 Å². The molecule has 80 valence electrons. The van der Waals surface area contributed by atoms with Crippen LogP contribution in [0, 0.1) is 0 Å². The summed E-state index contributed by atoms with van der Waals surface area (Å²) in [5, 5.41) is 5.93. The summed E-state index contributed by atoms with van der Waals surface area (Å²) in [5.41, 5.74) is 0.981. The number of hydrogen-bond acceptors (Lipinski definition) is 2. The number of hydrogen-bond donors (Lipinski definition) is 0. The van der Waals surface area contributed by atoms with Crippen LogP contribution in [0.4, 0.5) is 0 Å². The average Bonchev–Trinajstić information content (AvgIpc) is 2.21. The van der Waals surface area contributed by atoms with Crippen molar-refractivity contribution in [1.82, 2.24) is 5.01 Å².